The van der Waals surface area contributed by atoms with Gasteiger partial charge in [0.25, 0.3) is 5.91 Å². The van der Waals surface area contributed by atoms with Crippen molar-refractivity contribution in [3.63, 3.8) is 0 Å². The number of hydrogen-bond acceptors (Lipinski definition) is 5. The van der Waals surface area contributed by atoms with E-state index in [0.29, 0.717) is 17.3 Å². The molecule has 1 heterocycles. The van der Waals surface area contributed by atoms with E-state index in [1.165, 1.54) is 6.92 Å². The molecule has 22 heavy (non-hydrogen) atoms. The van der Waals surface area contributed by atoms with E-state index < -0.39 is 17.9 Å². The first-order valence-corrected chi connectivity index (χ1v) is 7.90. The molecular weight excluding hydrogens is 322 g/mol. The Labute approximate surface area is 137 Å². The number of carbonyl (C=O) groups is 2. The first kappa shape index (κ1) is 16.5. The van der Waals surface area contributed by atoms with Crippen LogP contribution in [0.15, 0.2) is 29.2 Å². The number of ether oxygens (including phenoxy) is 1. The summed E-state index contributed by atoms with van der Waals surface area (Å²) in [4.78, 5) is 25.0. The Morgan fingerprint density at radius 2 is 2.18 bits per heavy atom. The minimum atomic E-state index is -1.09. The van der Waals surface area contributed by atoms with Crippen molar-refractivity contribution in [3.8, 4) is 5.75 Å². The van der Waals surface area contributed by atoms with Crippen molar-refractivity contribution in [2.24, 2.45) is 0 Å². The lowest BCUT2D eigenvalue weighted by Crippen LogP contribution is -2.41. The average molecular weight is 337 g/mol. The smallest absolute Gasteiger partial charge is 0.326 e. The summed E-state index contributed by atoms with van der Waals surface area (Å²) in [7, 11) is 0. The molecule has 1 fully saturated rings. The Morgan fingerprint density at radius 3 is 2.82 bits per heavy atom. The van der Waals surface area contributed by atoms with E-state index in [1.807, 2.05) is 31.2 Å². The second kappa shape index (κ2) is 6.93. The van der Waals surface area contributed by atoms with Gasteiger partial charge in [-0.25, -0.2) is 4.79 Å². The number of para-hydroxylation sites is 1. The van der Waals surface area contributed by atoms with E-state index in [9.17, 15) is 9.59 Å². The highest BCUT2D eigenvalue weighted by molar-refractivity contribution is 8.26. The van der Waals surface area contributed by atoms with Crippen LogP contribution in [0.25, 0.3) is 6.08 Å². The van der Waals surface area contributed by atoms with E-state index in [1.54, 1.807) is 6.08 Å². The molecule has 0 saturated carbocycles. The maximum Gasteiger partial charge on any atom is 0.326 e. The van der Waals surface area contributed by atoms with Crippen molar-refractivity contribution >= 4 is 46.3 Å². The number of thiocarbonyl (C=S) groups is 1. The number of nitrogens with zero attached hydrogens (tertiary/aromatic N) is 1. The molecule has 1 aliphatic rings. The first-order chi connectivity index (χ1) is 10.5. The van der Waals surface area contributed by atoms with Gasteiger partial charge < -0.3 is 9.84 Å². The van der Waals surface area contributed by atoms with Crippen molar-refractivity contribution in [1.29, 1.82) is 0 Å². The highest BCUT2D eigenvalue weighted by Gasteiger charge is 2.38. The van der Waals surface area contributed by atoms with Crippen LogP contribution in [0.3, 0.4) is 0 Å². The third kappa shape index (κ3) is 3.31. The molecule has 0 aliphatic carbocycles. The Morgan fingerprint density at radius 1 is 1.50 bits per heavy atom. The first-order valence-electron chi connectivity index (χ1n) is 6.67. The van der Waals surface area contributed by atoms with Gasteiger partial charge in [0.2, 0.25) is 0 Å². The summed E-state index contributed by atoms with van der Waals surface area (Å²) in [5.74, 6) is -0.815. The van der Waals surface area contributed by atoms with Crippen LogP contribution in [-0.4, -0.2) is 38.9 Å². The number of amides is 1. The summed E-state index contributed by atoms with van der Waals surface area (Å²) >= 11 is 6.22. The molecule has 2 rings (SSSR count). The lowest BCUT2D eigenvalue weighted by Gasteiger charge is -2.18. The molecule has 1 unspecified atom stereocenters. The number of benzene rings is 1. The molecule has 0 aromatic heterocycles. The standard InChI is InChI=1S/C15H15NO4S2/c1-3-20-11-7-5-4-6-10(11)8-12-13(17)16(15(21)22-12)9(2)14(18)19/h4-9H,3H2,1-2H3,(H,18,19)/b12-8+. The van der Waals surface area contributed by atoms with Gasteiger partial charge in [0.15, 0.2) is 0 Å². The fraction of sp³-hybridized carbons (Fsp3) is 0.267. The number of aliphatic carboxylic acids is 1. The Kier molecular flexibility index (Phi) is 5.20. The number of thioether (sulfide) groups is 1. The number of hydrogen-bond donors (Lipinski definition) is 1. The predicted molar refractivity (Wildman–Crippen MR) is 89.7 cm³/mol. The van der Waals surface area contributed by atoms with Gasteiger partial charge in [-0.2, -0.15) is 0 Å². The number of carboxylic acid groups (broad SMARTS) is 1. The van der Waals surface area contributed by atoms with E-state index in [4.69, 9.17) is 22.1 Å². The van der Waals surface area contributed by atoms with E-state index in [0.717, 1.165) is 22.2 Å². The van der Waals surface area contributed by atoms with Gasteiger partial charge in [0, 0.05) is 5.56 Å². The molecule has 1 N–H and O–H groups in total. The lowest BCUT2D eigenvalue weighted by molar-refractivity contribution is -0.144. The third-order valence-electron chi connectivity index (χ3n) is 3.07. The lowest BCUT2D eigenvalue weighted by atomic mass is 10.2. The summed E-state index contributed by atoms with van der Waals surface area (Å²) in [5, 5.41) is 9.07. The fourth-order valence-corrected chi connectivity index (χ4v) is 3.36. The molecule has 0 bridgehead atoms. The van der Waals surface area contributed by atoms with E-state index >= 15 is 0 Å². The zero-order valence-electron chi connectivity index (χ0n) is 12.1. The van der Waals surface area contributed by atoms with Crippen LogP contribution in [0.4, 0.5) is 0 Å². The molecule has 5 nitrogen and oxygen atoms in total. The monoisotopic (exact) mass is 337 g/mol. The summed E-state index contributed by atoms with van der Waals surface area (Å²) in [6.45, 7) is 3.83. The minimum Gasteiger partial charge on any atom is -0.493 e. The van der Waals surface area contributed by atoms with Crippen LogP contribution in [0, 0.1) is 0 Å². The quantitative estimate of drug-likeness (QED) is 0.658. The number of carboxylic acids is 1. The van der Waals surface area contributed by atoms with Crippen molar-refractivity contribution in [1.82, 2.24) is 4.90 Å². The van der Waals surface area contributed by atoms with Gasteiger partial charge in [-0.1, -0.05) is 42.2 Å². The molecule has 1 saturated heterocycles. The Balaban J connectivity index is 2.33. The number of rotatable bonds is 5. The zero-order valence-corrected chi connectivity index (χ0v) is 13.7. The molecule has 7 heteroatoms. The topological polar surface area (TPSA) is 66.8 Å². The summed E-state index contributed by atoms with van der Waals surface area (Å²) in [6.07, 6.45) is 1.68. The van der Waals surface area contributed by atoms with Crippen LogP contribution in [-0.2, 0) is 9.59 Å². The largest absolute Gasteiger partial charge is 0.493 e. The van der Waals surface area contributed by atoms with Gasteiger partial charge in [0.1, 0.15) is 16.1 Å². The Bertz CT molecular complexity index is 657. The average Bonchev–Trinajstić information content (AvgIpc) is 2.75. The normalized spacial score (nSPS) is 17.9. The second-order valence-electron chi connectivity index (χ2n) is 4.54. The van der Waals surface area contributed by atoms with Crippen molar-refractivity contribution < 1.29 is 19.4 Å². The van der Waals surface area contributed by atoms with Crippen LogP contribution in [0.5, 0.6) is 5.75 Å². The maximum atomic E-state index is 12.4. The van der Waals surface area contributed by atoms with Crippen LogP contribution < -0.4 is 4.74 Å². The van der Waals surface area contributed by atoms with Crippen LogP contribution in [0.2, 0.25) is 0 Å². The summed E-state index contributed by atoms with van der Waals surface area (Å²) in [5.41, 5.74) is 0.757. The third-order valence-corrected chi connectivity index (χ3v) is 4.40. The van der Waals surface area contributed by atoms with Gasteiger partial charge >= 0.3 is 5.97 Å². The van der Waals surface area contributed by atoms with Gasteiger partial charge in [-0.05, 0) is 26.0 Å². The SMILES string of the molecule is CCOc1ccccc1/C=C1/SC(=S)N(C(C)C(=O)O)C1=O. The fourth-order valence-electron chi connectivity index (χ4n) is 1.95. The minimum absolute atomic E-state index is 0.250. The van der Waals surface area contributed by atoms with Crippen LogP contribution >= 0.6 is 24.0 Å². The van der Waals surface area contributed by atoms with Crippen LogP contribution in [0.1, 0.15) is 19.4 Å². The van der Waals surface area contributed by atoms with E-state index in [2.05, 4.69) is 0 Å². The highest BCUT2D eigenvalue weighted by atomic mass is 32.2. The highest BCUT2D eigenvalue weighted by Crippen LogP contribution is 2.35. The molecule has 0 spiro atoms. The molecule has 1 atom stereocenters. The molecule has 1 amide bonds. The summed E-state index contributed by atoms with van der Waals surface area (Å²) < 4.78 is 5.77. The number of carbonyl (C=O) groups excluding carboxylic acids is 1. The van der Waals surface area contributed by atoms with Gasteiger partial charge in [-0.15, -0.1) is 0 Å². The molecule has 1 aromatic rings. The molecule has 1 aliphatic heterocycles. The maximum absolute atomic E-state index is 12.4. The molecule has 116 valence electrons. The van der Waals surface area contributed by atoms with E-state index in [-0.39, 0.29) is 4.32 Å². The second-order valence-corrected chi connectivity index (χ2v) is 6.21. The predicted octanol–water partition coefficient (Wildman–Crippen LogP) is 2.76. The molecule has 0 radical (unpaired) electrons. The molecular formula is C15H15NO4S2. The summed E-state index contributed by atoms with van der Waals surface area (Å²) in [6, 6.07) is 6.35. The van der Waals surface area contributed by atoms with Crippen molar-refractivity contribution in [3.05, 3.63) is 34.7 Å². The Hall–Kier alpha value is -1.86. The van der Waals surface area contributed by atoms with Crippen molar-refractivity contribution in [2.45, 2.75) is 19.9 Å². The molecule has 1 aromatic carbocycles. The van der Waals surface area contributed by atoms with Gasteiger partial charge in [-0.3, -0.25) is 9.69 Å². The van der Waals surface area contributed by atoms with Gasteiger partial charge in [0.05, 0.1) is 11.5 Å². The zero-order chi connectivity index (χ0) is 16.3. The van der Waals surface area contributed by atoms with Crippen molar-refractivity contribution in [2.75, 3.05) is 6.61 Å².